The SMILES string of the molecule is CC(Nc1ccnc(C#N)c1)c1cccnc1. The number of pyridine rings is 2. The van der Waals surface area contributed by atoms with Gasteiger partial charge in [0.2, 0.25) is 0 Å². The molecule has 2 aromatic rings. The quantitative estimate of drug-likeness (QED) is 0.870. The Morgan fingerprint density at radius 3 is 2.94 bits per heavy atom. The molecule has 0 aliphatic rings. The largest absolute Gasteiger partial charge is 0.378 e. The lowest BCUT2D eigenvalue weighted by Crippen LogP contribution is -2.07. The molecule has 0 saturated carbocycles. The summed E-state index contributed by atoms with van der Waals surface area (Å²) in [4.78, 5) is 8.00. The van der Waals surface area contributed by atoms with Crippen molar-refractivity contribution in [2.45, 2.75) is 13.0 Å². The monoisotopic (exact) mass is 224 g/mol. The molecule has 0 aliphatic carbocycles. The highest BCUT2D eigenvalue weighted by molar-refractivity contribution is 5.47. The molecule has 4 nitrogen and oxygen atoms in total. The van der Waals surface area contributed by atoms with Crippen LogP contribution in [0.1, 0.15) is 24.2 Å². The minimum atomic E-state index is 0.137. The van der Waals surface area contributed by atoms with E-state index in [-0.39, 0.29) is 6.04 Å². The number of nitrogens with zero attached hydrogens (tertiary/aromatic N) is 3. The minimum Gasteiger partial charge on any atom is -0.378 e. The second kappa shape index (κ2) is 5.08. The third-order valence-corrected chi connectivity index (χ3v) is 2.44. The molecular formula is C13H12N4. The molecule has 1 unspecified atom stereocenters. The first-order valence-electron chi connectivity index (χ1n) is 5.32. The van der Waals surface area contributed by atoms with Crippen molar-refractivity contribution in [3.8, 4) is 6.07 Å². The van der Waals surface area contributed by atoms with Gasteiger partial charge in [-0.2, -0.15) is 5.26 Å². The smallest absolute Gasteiger partial charge is 0.142 e. The fourth-order valence-corrected chi connectivity index (χ4v) is 1.55. The summed E-state index contributed by atoms with van der Waals surface area (Å²) in [6, 6.07) is 9.64. The predicted molar refractivity (Wildman–Crippen MR) is 65.2 cm³/mol. The molecule has 0 aliphatic heterocycles. The van der Waals surface area contributed by atoms with Crippen LogP contribution in [-0.4, -0.2) is 9.97 Å². The summed E-state index contributed by atoms with van der Waals surface area (Å²) in [5.41, 5.74) is 2.39. The highest BCUT2D eigenvalue weighted by Crippen LogP contribution is 2.18. The normalized spacial score (nSPS) is 11.5. The van der Waals surface area contributed by atoms with E-state index in [1.165, 1.54) is 0 Å². The zero-order valence-electron chi connectivity index (χ0n) is 9.46. The van der Waals surface area contributed by atoms with E-state index in [0.717, 1.165) is 11.3 Å². The third kappa shape index (κ3) is 2.79. The standard InChI is InChI=1S/C13H12N4/c1-10(11-3-2-5-15-9-11)17-12-4-6-16-13(7-12)8-14/h2-7,9-10H,1H3,(H,16,17). The second-order valence-electron chi connectivity index (χ2n) is 3.69. The van der Waals surface area contributed by atoms with Gasteiger partial charge in [-0.1, -0.05) is 6.07 Å². The number of nitriles is 1. The van der Waals surface area contributed by atoms with Gasteiger partial charge in [0.05, 0.1) is 6.04 Å². The molecule has 2 heterocycles. The summed E-state index contributed by atoms with van der Waals surface area (Å²) >= 11 is 0. The van der Waals surface area contributed by atoms with Gasteiger partial charge in [0, 0.05) is 24.3 Å². The van der Waals surface area contributed by atoms with Gasteiger partial charge < -0.3 is 5.32 Å². The van der Waals surface area contributed by atoms with Gasteiger partial charge in [-0.15, -0.1) is 0 Å². The first-order chi connectivity index (χ1) is 8.29. The Balaban J connectivity index is 2.13. The maximum atomic E-state index is 8.76. The van der Waals surface area contributed by atoms with Crippen molar-refractivity contribution >= 4 is 5.69 Å². The van der Waals surface area contributed by atoms with E-state index < -0.39 is 0 Å². The number of hydrogen-bond donors (Lipinski definition) is 1. The van der Waals surface area contributed by atoms with E-state index in [0.29, 0.717) is 5.69 Å². The van der Waals surface area contributed by atoms with Crippen LogP contribution in [0.5, 0.6) is 0 Å². The summed E-state index contributed by atoms with van der Waals surface area (Å²) in [5, 5.41) is 12.1. The Hall–Kier alpha value is -2.41. The van der Waals surface area contributed by atoms with Gasteiger partial charge in [-0.3, -0.25) is 4.98 Å². The van der Waals surface area contributed by atoms with Crippen LogP contribution < -0.4 is 5.32 Å². The van der Waals surface area contributed by atoms with E-state index in [4.69, 9.17) is 5.26 Å². The number of aromatic nitrogens is 2. The molecule has 0 aromatic carbocycles. The summed E-state index contributed by atoms with van der Waals surface area (Å²) in [6.45, 7) is 2.05. The lowest BCUT2D eigenvalue weighted by molar-refractivity contribution is 0.875. The second-order valence-corrected chi connectivity index (χ2v) is 3.69. The average Bonchev–Trinajstić information content (AvgIpc) is 2.40. The third-order valence-electron chi connectivity index (χ3n) is 2.44. The number of rotatable bonds is 3. The fraction of sp³-hybridized carbons (Fsp3) is 0.154. The van der Waals surface area contributed by atoms with Gasteiger partial charge in [-0.05, 0) is 30.7 Å². The first kappa shape index (κ1) is 11.1. The van der Waals surface area contributed by atoms with Crippen LogP contribution in [0.4, 0.5) is 5.69 Å². The van der Waals surface area contributed by atoms with Crippen molar-refractivity contribution in [2.75, 3.05) is 5.32 Å². The number of hydrogen-bond acceptors (Lipinski definition) is 4. The Labute approximate surface area is 100.0 Å². The van der Waals surface area contributed by atoms with Gasteiger partial charge in [0.15, 0.2) is 0 Å². The van der Waals surface area contributed by atoms with Crippen LogP contribution in [0.2, 0.25) is 0 Å². The van der Waals surface area contributed by atoms with E-state index in [1.54, 1.807) is 18.5 Å². The summed E-state index contributed by atoms with van der Waals surface area (Å²) in [6.07, 6.45) is 5.19. The van der Waals surface area contributed by atoms with Crippen LogP contribution in [0, 0.1) is 11.3 Å². The summed E-state index contributed by atoms with van der Waals surface area (Å²) < 4.78 is 0. The Morgan fingerprint density at radius 1 is 1.35 bits per heavy atom. The summed E-state index contributed by atoms with van der Waals surface area (Å²) in [7, 11) is 0. The molecule has 0 fully saturated rings. The van der Waals surface area contributed by atoms with Crippen LogP contribution in [0.15, 0.2) is 42.9 Å². The van der Waals surface area contributed by atoms with E-state index in [2.05, 4.69) is 15.3 Å². The molecule has 0 spiro atoms. The van der Waals surface area contributed by atoms with Gasteiger partial charge in [0.25, 0.3) is 0 Å². The lowest BCUT2D eigenvalue weighted by Gasteiger charge is -2.14. The van der Waals surface area contributed by atoms with Crippen molar-refractivity contribution in [2.24, 2.45) is 0 Å². The average molecular weight is 224 g/mol. The molecule has 2 rings (SSSR count). The molecule has 84 valence electrons. The van der Waals surface area contributed by atoms with Crippen molar-refractivity contribution < 1.29 is 0 Å². The molecule has 0 bridgehead atoms. The molecule has 0 saturated heterocycles. The topological polar surface area (TPSA) is 61.6 Å². The highest BCUT2D eigenvalue weighted by atomic mass is 14.9. The van der Waals surface area contributed by atoms with Crippen LogP contribution >= 0.6 is 0 Å². The predicted octanol–water partition coefficient (Wildman–Crippen LogP) is 2.52. The fourth-order valence-electron chi connectivity index (χ4n) is 1.55. The van der Waals surface area contributed by atoms with E-state index in [1.807, 2.05) is 37.4 Å². The maximum absolute atomic E-state index is 8.76. The van der Waals surface area contributed by atoms with Crippen LogP contribution in [0.25, 0.3) is 0 Å². The van der Waals surface area contributed by atoms with Crippen LogP contribution in [0.3, 0.4) is 0 Å². The van der Waals surface area contributed by atoms with E-state index in [9.17, 15) is 0 Å². The Morgan fingerprint density at radius 2 is 2.24 bits per heavy atom. The minimum absolute atomic E-state index is 0.137. The lowest BCUT2D eigenvalue weighted by atomic mass is 10.1. The molecule has 1 atom stereocenters. The van der Waals surface area contributed by atoms with E-state index >= 15 is 0 Å². The Bertz CT molecular complexity index is 531. The molecular weight excluding hydrogens is 212 g/mol. The van der Waals surface area contributed by atoms with Crippen molar-refractivity contribution in [1.29, 1.82) is 5.26 Å². The van der Waals surface area contributed by atoms with Crippen molar-refractivity contribution in [3.05, 3.63) is 54.1 Å². The summed E-state index contributed by atoms with van der Waals surface area (Å²) in [5.74, 6) is 0. The van der Waals surface area contributed by atoms with Gasteiger partial charge in [0.1, 0.15) is 11.8 Å². The molecule has 2 aromatic heterocycles. The molecule has 0 radical (unpaired) electrons. The zero-order chi connectivity index (χ0) is 12.1. The molecule has 1 N–H and O–H groups in total. The highest BCUT2D eigenvalue weighted by Gasteiger charge is 2.05. The Kier molecular flexibility index (Phi) is 3.31. The van der Waals surface area contributed by atoms with Crippen molar-refractivity contribution in [1.82, 2.24) is 9.97 Å². The number of nitrogens with one attached hydrogen (secondary N) is 1. The molecule has 0 amide bonds. The number of anilines is 1. The van der Waals surface area contributed by atoms with Crippen molar-refractivity contribution in [3.63, 3.8) is 0 Å². The van der Waals surface area contributed by atoms with Gasteiger partial charge >= 0.3 is 0 Å². The zero-order valence-corrected chi connectivity index (χ0v) is 9.46. The maximum Gasteiger partial charge on any atom is 0.142 e. The van der Waals surface area contributed by atoms with Crippen LogP contribution in [-0.2, 0) is 0 Å². The first-order valence-corrected chi connectivity index (χ1v) is 5.32. The molecule has 17 heavy (non-hydrogen) atoms. The molecule has 4 heteroatoms. The van der Waals surface area contributed by atoms with Gasteiger partial charge in [-0.25, -0.2) is 4.98 Å².